The van der Waals surface area contributed by atoms with E-state index in [4.69, 9.17) is 9.84 Å². The van der Waals surface area contributed by atoms with Crippen molar-refractivity contribution in [1.82, 2.24) is 0 Å². The van der Waals surface area contributed by atoms with Crippen molar-refractivity contribution in [3.63, 3.8) is 0 Å². The highest BCUT2D eigenvalue weighted by Gasteiger charge is 2.11. The molecule has 20 heavy (non-hydrogen) atoms. The van der Waals surface area contributed by atoms with Crippen LogP contribution >= 0.6 is 11.3 Å². The summed E-state index contributed by atoms with van der Waals surface area (Å²) in [5.74, 6) is 0.663. The van der Waals surface area contributed by atoms with Gasteiger partial charge in [0.25, 0.3) is 0 Å². The third-order valence-corrected chi connectivity index (χ3v) is 4.27. The van der Waals surface area contributed by atoms with Crippen LogP contribution in [0.5, 0.6) is 5.75 Å². The molecule has 0 spiro atoms. The second-order valence-electron chi connectivity index (χ2n) is 4.41. The maximum absolute atomic E-state index is 12.1. The molecule has 0 atom stereocenters. The highest BCUT2D eigenvalue weighted by Crippen LogP contribution is 2.20. The van der Waals surface area contributed by atoms with Crippen molar-refractivity contribution in [3.8, 4) is 5.75 Å². The van der Waals surface area contributed by atoms with E-state index in [1.807, 2.05) is 36.4 Å². The fourth-order valence-electron chi connectivity index (χ4n) is 1.90. The van der Waals surface area contributed by atoms with E-state index in [-0.39, 0.29) is 19.0 Å². The molecule has 1 heterocycles. The lowest BCUT2D eigenvalue weighted by molar-refractivity contribution is 0.0925. The number of carbonyl (C=O) groups excluding carboxylic acids is 1. The average Bonchev–Trinajstić information content (AvgIpc) is 2.95. The summed E-state index contributed by atoms with van der Waals surface area (Å²) in [5.41, 5.74) is 0.920. The summed E-state index contributed by atoms with van der Waals surface area (Å²) in [7, 11) is 0. The van der Waals surface area contributed by atoms with Crippen LogP contribution < -0.4 is 4.74 Å². The number of Topliss-reactive ketones (excluding diaryl/α,β-unsaturated/α-hetero) is 1. The van der Waals surface area contributed by atoms with Gasteiger partial charge in [-0.25, -0.2) is 0 Å². The summed E-state index contributed by atoms with van der Waals surface area (Å²) in [6, 6.07) is 11.3. The molecule has 0 amide bonds. The van der Waals surface area contributed by atoms with Gasteiger partial charge in [0.2, 0.25) is 5.78 Å². The molecule has 1 aromatic heterocycles. The number of benzene rings is 1. The number of ether oxygens (including phenoxy) is 1. The smallest absolute Gasteiger partial charge is 0.210 e. The van der Waals surface area contributed by atoms with Gasteiger partial charge in [-0.15, -0.1) is 11.3 Å². The van der Waals surface area contributed by atoms with Gasteiger partial charge in [-0.1, -0.05) is 25.1 Å². The Hall–Kier alpha value is -1.65. The zero-order valence-electron chi connectivity index (χ0n) is 11.5. The number of aliphatic hydroxyl groups excluding tert-OH is 1. The van der Waals surface area contributed by atoms with Gasteiger partial charge >= 0.3 is 0 Å². The fraction of sp³-hybridized carbons (Fsp3) is 0.312. The quantitative estimate of drug-likeness (QED) is 0.797. The van der Waals surface area contributed by atoms with E-state index in [1.165, 1.54) is 16.2 Å². The molecule has 2 rings (SSSR count). The lowest BCUT2D eigenvalue weighted by Crippen LogP contribution is -2.11. The topological polar surface area (TPSA) is 46.5 Å². The maximum Gasteiger partial charge on any atom is 0.210 e. The van der Waals surface area contributed by atoms with E-state index >= 15 is 0 Å². The van der Waals surface area contributed by atoms with Gasteiger partial charge in [-0.3, -0.25) is 4.79 Å². The normalized spacial score (nSPS) is 10.5. The second kappa shape index (κ2) is 7.22. The van der Waals surface area contributed by atoms with Gasteiger partial charge in [0.1, 0.15) is 5.75 Å². The molecule has 1 aromatic carbocycles. The molecule has 106 valence electrons. The van der Waals surface area contributed by atoms with Crippen LogP contribution in [0.15, 0.2) is 36.4 Å². The van der Waals surface area contributed by atoms with Crippen molar-refractivity contribution in [2.24, 2.45) is 0 Å². The Morgan fingerprint density at radius 3 is 2.75 bits per heavy atom. The van der Waals surface area contributed by atoms with Crippen LogP contribution in [-0.4, -0.2) is 24.1 Å². The Balaban J connectivity index is 1.99. The van der Waals surface area contributed by atoms with Crippen LogP contribution in [0.1, 0.15) is 27.0 Å². The lowest BCUT2D eigenvalue weighted by atomic mass is 10.1. The van der Waals surface area contributed by atoms with E-state index in [9.17, 15) is 4.79 Å². The van der Waals surface area contributed by atoms with E-state index in [0.717, 1.165) is 16.9 Å². The number of thiophene rings is 1. The van der Waals surface area contributed by atoms with Crippen LogP contribution in [0.3, 0.4) is 0 Å². The Morgan fingerprint density at radius 1 is 1.25 bits per heavy atom. The first-order valence-electron chi connectivity index (χ1n) is 6.68. The molecular formula is C16H18O3S. The van der Waals surface area contributed by atoms with Gasteiger partial charge in [-0.2, -0.15) is 0 Å². The number of rotatable bonds is 7. The predicted molar refractivity (Wildman–Crippen MR) is 80.8 cm³/mol. The minimum atomic E-state index is -0.00602. The van der Waals surface area contributed by atoms with Crippen molar-refractivity contribution >= 4 is 17.1 Å². The highest BCUT2D eigenvalue weighted by atomic mass is 32.1. The third kappa shape index (κ3) is 3.68. The minimum absolute atomic E-state index is 0.00602. The summed E-state index contributed by atoms with van der Waals surface area (Å²) in [6.07, 6.45) is 1.47. The molecule has 0 aliphatic carbocycles. The van der Waals surface area contributed by atoms with Crippen molar-refractivity contribution in [1.29, 1.82) is 0 Å². The maximum atomic E-state index is 12.1. The standard InChI is InChI=1S/C16H18O3S/c1-2-13-7-8-16(20-13)14(18)11-19-15-6-4-3-5-12(15)9-10-17/h3-8,17H,2,9-11H2,1H3. The minimum Gasteiger partial charge on any atom is -0.485 e. The number of hydrogen-bond donors (Lipinski definition) is 1. The molecule has 2 aromatic rings. The van der Waals surface area contributed by atoms with Crippen molar-refractivity contribution in [2.45, 2.75) is 19.8 Å². The molecule has 4 heteroatoms. The molecule has 0 bridgehead atoms. The van der Waals surface area contributed by atoms with E-state index in [2.05, 4.69) is 6.92 Å². The van der Waals surface area contributed by atoms with Gasteiger partial charge in [-0.05, 0) is 36.6 Å². The zero-order chi connectivity index (χ0) is 14.4. The number of hydrogen-bond acceptors (Lipinski definition) is 4. The van der Waals surface area contributed by atoms with Crippen LogP contribution in [0.4, 0.5) is 0 Å². The molecule has 3 nitrogen and oxygen atoms in total. The number of carbonyl (C=O) groups is 1. The Kier molecular flexibility index (Phi) is 5.32. The number of aliphatic hydroxyl groups is 1. The summed E-state index contributed by atoms with van der Waals surface area (Å²) in [6.45, 7) is 2.17. The van der Waals surface area contributed by atoms with Crippen molar-refractivity contribution in [3.05, 3.63) is 51.7 Å². The van der Waals surface area contributed by atoms with E-state index < -0.39 is 0 Å². The van der Waals surface area contributed by atoms with Crippen molar-refractivity contribution < 1.29 is 14.6 Å². The van der Waals surface area contributed by atoms with Gasteiger partial charge < -0.3 is 9.84 Å². The first-order chi connectivity index (χ1) is 9.74. The van der Waals surface area contributed by atoms with Gasteiger partial charge in [0.15, 0.2) is 6.61 Å². The first kappa shape index (κ1) is 14.8. The summed E-state index contributed by atoms with van der Waals surface area (Å²) in [5, 5.41) is 9.01. The average molecular weight is 290 g/mol. The largest absolute Gasteiger partial charge is 0.485 e. The summed E-state index contributed by atoms with van der Waals surface area (Å²) >= 11 is 1.52. The summed E-state index contributed by atoms with van der Waals surface area (Å²) < 4.78 is 5.59. The molecule has 0 saturated heterocycles. The molecule has 0 aliphatic heterocycles. The van der Waals surface area contributed by atoms with E-state index in [0.29, 0.717) is 12.2 Å². The van der Waals surface area contributed by atoms with Crippen LogP contribution in [-0.2, 0) is 12.8 Å². The molecule has 0 fully saturated rings. The Morgan fingerprint density at radius 2 is 2.05 bits per heavy atom. The molecule has 0 saturated carbocycles. The van der Waals surface area contributed by atoms with E-state index in [1.54, 1.807) is 0 Å². The van der Waals surface area contributed by atoms with Gasteiger partial charge in [0, 0.05) is 11.5 Å². The number of ketones is 1. The number of para-hydroxylation sites is 1. The van der Waals surface area contributed by atoms with Crippen LogP contribution in [0, 0.1) is 0 Å². The monoisotopic (exact) mass is 290 g/mol. The van der Waals surface area contributed by atoms with Crippen molar-refractivity contribution in [2.75, 3.05) is 13.2 Å². The lowest BCUT2D eigenvalue weighted by Gasteiger charge is -2.09. The molecule has 1 N–H and O–H groups in total. The predicted octanol–water partition coefficient (Wildman–Crippen LogP) is 3.11. The summed E-state index contributed by atoms with van der Waals surface area (Å²) in [4.78, 5) is 14.0. The molecule has 0 unspecified atom stereocenters. The fourth-order valence-corrected chi connectivity index (χ4v) is 2.78. The second-order valence-corrected chi connectivity index (χ2v) is 5.58. The zero-order valence-corrected chi connectivity index (χ0v) is 12.3. The third-order valence-electron chi connectivity index (χ3n) is 3.00. The first-order valence-corrected chi connectivity index (χ1v) is 7.49. The Labute approximate surface area is 122 Å². The van der Waals surface area contributed by atoms with Gasteiger partial charge in [0.05, 0.1) is 4.88 Å². The number of aryl methyl sites for hydroxylation is 1. The van der Waals surface area contributed by atoms with Crippen LogP contribution in [0.2, 0.25) is 0 Å². The molecule has 0 aliphatic rings. The Bertz CT molecular complexity index is 575. The molecule has 0 radical (unpaired) electrons. The highest BCUT2D eigenvalue weighted by molar-refractivity contribution is 7.14. The SMILES string of the molecule is CCc1ccc(C(=O)COc2ccccc2CCO)s1. The molecular weight excluding hydrogens is 272 g/mol. The van der Waals surface area contributed by atoms with Crippen LogP contribution in [0.25, 0.3) is 0 Å².